The Labute approximate surface area is 167 Å². The standard InChI is InChI=1S/C21H27N5O2.H2/c1-13(2)19(23)12-25-20(24)21(27)26-16-5-8-17(9-6-16)28-18-7-4-15(11-22)14(3)10-18;/h4,7,10,12-13,16-17,23-24H,5-6,8-9H2,1-3H3,(H,26,27);1H. The molecule has 0 aliphatic heterocycles. The third kappa shape index (κ3) is 6.02. The number of hydrogen-bond donors (Lipinski definition) is 3. The Bertz CT molecular complexity index is 821. The number of aryl methyl sites for hydroxylation is 1. The Kier molecular flexibility index (Phi) is 7.44. The number of amides is 1. The molecular weight excluding hydrogens is 354 g/mol. The highest BCUT2D eigenvalue weighted by Crippen LogP contribution is 2.25. The average Bonchev–Trinajstić information content (AvgIpc) is 2.67. The number of carbonyl (C=O) groups is 1. The highest BCUT2D eigenvalue weighted by Gasteiger charge is 2.24. The summed E-state index contributed by atoms with van der Waals surface area (Å²) in [6.45, 7) is 5.60. The quantitative estimate of drug-likeness (QED) is 0.531. The maximum absolute atomic E-state index is 12.1. The summed E-state index contributed by atoms with van der Waals surface area (Å²) in [6, 6.07) is 7.59. The second-order valence-corrected chi connectivity index (χ2v) is 7.37. The number of ether oxygens (including phenoxy) is 1. The first kappa shape index (κ1) is 21.3. The van der Waals surface area contributed by atoms with Gasteiger partial charge in [-0.3, -0.25) is 10.2 Å². The lowest BCUT2D eigenvalue weighted by Gasteiger charge is -2.29. The van der Waals surface area contributed by atoms with Crippen LogP contribution in [0, 0.1) is 35.0 Å². The van der Waals surface area contributed by atoms with Crippen LogP contribution in [0.25, 0.3) is 0 Å². The van der Waals surface area contributed by atoms with Gasteiger partial charge in [-0.05, 0) is 62.3 Å². The largest absolute Gasteiger partial charge is 0.490 e. The molecular formula is C21H29N5O2. The molecule has 1 amide bonds. The molecule has 150 valence electrons. The summed E-state index contributed by atoms with van der Waals surface area (Å²) in [4.78, 5) is 15.9. The van der Waals surface area contributed by atoms with E-state index in [0.29, 0.717) is 5.56 Å². The molecule has 7 heteroatoms. The summed E-state index contributed by atoms with van der Waals surface area (Å²) in [5.74, 6) is -0.126. The van der Waals surface area contributed by atoms with Gasteiger partial charge in [-0.15, -0.1) is 0 Å². The Morgan fingerprint density at radius 2 is 2.04 bits per heavy atom. The number of nitrogens with one attached hydrogen (secondary N) is 3. The fraction of sp³-hybridized carbons (Fsp3) is 0.476. The minimum Gasteiger partial charge on any atom is -0.490 e. The molecule has 1 fully saturated rings. The van der Waals surface area contributed by atoms with Crippen LogP contribution in [0.4, 0.5) is 0 Å². The van der Waals surface area contributed by atoms with E-state index in [9.17, 15) is 4.79 Å². The molecule has 0 bridgehead atoms. The molecule has 28 heavy (non-hydrogen) atoms. The van der Waals surface area contributed by atoms with E-state index in [1.165, 1.54) is 6.21 Å². The van der Waals surface area contributed by atoms with Gasteiger partial charge in [-0.1, -0.05) is 13.8 Å². The van der Waals surface area contributed by atoms with Crippen molar-refractivity contribution in [2.75, 3.05) is 0 Å². The number of carbonyl (C=O) groups excluding carboxylic acids is 1. The molecule has 0 radical (unpaired) electrons. The van der Waals surface area contributed by atoms with E-state index in [1.807, 2.05) is 32.9 Å². The number of amidine groups is 1. The molecule has 0 spiro atoms. The van der Waals surface area contributed by atoms with Crippen molar-refractivity contribution in [1.29, 1.82) is 16.1 Å². The second kappa shape index (κ2) is 9.79. The van der Waals surface area contributed by atoms with Gasteiger partial charge in [0, 0.05) is 7.47 Å². The minimum absolute atomic E-state index is 0. The summed E-state index contributed by atoms with van der Waals surface area (Å²) in [5.41, 5.74) is 1.83. The first-order valence-corrected chi connectivity index (χ1v) is 9.49. The first-order valence-electron chi connectivity index (χ1n) is 9.49. The number of aliphatic imine (C=N–C) groups is 1. The molecule has 0 heterocycles. The van der Waals surface area contributed by atoms with Gasteiger partial charge in [0.1, 0.15) is 5.75 Å². The van der Waals surface area contributed by atoms with Gasteiger partial charge in [-0.2, -0.15) is 5.26 Å². The summed E-state index contributed by atoms with van der Waals surface area (Å²) in [7, 11) is 0. The van der Waals surface area contributed by atoms with Gasteiger partial charge in [-0.25, -0.2) is 4.99 Å². The zero-order chi connectivity index (χ0) is 20.7. The molecule has 0 atom stereocenters. The van der Waals surface area contributed by atoms with Gasteiger partial charge in [0.05, 0.1) is 29.7 Å². The van der Waals surface area contributed by atoms with Crippen LogP contribution in [0.15, 0.2) is 23.2 Å². The van der Waals surface area contributed by atoms with Gasteiger partial charge >= 0.3 is 0 Å². The summed E-state index contributed by atoms with van der Waals surface area (Å²) in [5, 5.41) is 27.2. The zero-order valence-electron chi connectivity index (χ0n) is 16.6. The van der Waals surface area contributed by atoms with E-state index >= 15 is 0 Å². The second-order valence-electron chi connectivity index (χ2n) is 7.37. The smallest absolute Gasteiger partial charge is 0.288 e. The molecule has 0 aromatic heterocycles. The molecule has 7 nitrogen and oxygen atoms in total. The number of nitriles is 1. The SMILES string of the molecule is Cc1cc(OC2CCC(NC(=O)C(=N)N=CC(=N)C(C)C)CC2)ccc1C#N.[HH]. The number of nitrogens with zero attached hydrogens (tertiary/aromatic N) is 2. The monoisotopic (exact) mass is 383 g/mol. The molecule has 0 unspecified atom stereocenters. The van der Waals surface area contributed by atoms with Crippen LogP contribution in [-0.4, -0.2) is 35.8 Å². The lowest BCUT2D eigenvalue weighted by atomic mass is 9.93. The molecule has 3 N–H and O–H groups in total. The maximum atomic E-state index is 12.1. The van der Waals surface area contributed by atoms with Crippen LogP contribution in [-0.2, 0) is 4.79 Å². The minimum atomic E-state index is -0.514. The van der Waals surface area contributed by atoms with Crippen molar-refractivity contribution in [3.63, 3.8) is 0 Å². The topological polar surface area (TPSA) is 122 Å². The third-order valence-electron chi connectivity index (χ3n) is 4.80. The number of benzene rings is 1. The van der Waals surface area contributed by atoms with Crippen molar-refractivity contribution >= 4 is 23.7 Å². The van der Waals surface area contributed by atoms with Crippen molar-refractivity contribution in [3.05, 3.63) is 29.3 Å². The van der Waals surface area contributed by atoms with Gasteiger partial charge in [0.15, 0.2) is 0 Å². The van der Waals surface area contributed by atoms with Crippen molar-refractivity contribution in [3.8, 4) is 11.8 Å². The first-order chi connectivity index (χ1) is 13.3. The van der Waals surface area contributed by atoms with Crippen LogP contribution >= 0.6 is 0 Å². The lowest BCUT2D eigenvalue weighted by Crippen LogP contribution is -2.42. The van der Waals surface area contributed by atoms with Gasteiger partial charge in [0.25, 0.3) is 5.91 Å². The summed E-state index contributed by atoms with van der Waals surface area (Å²) in [6.07, 6.45) is 4.48. The molecule has 1 aliphatic rings. The Morgan fingerprint density at radius 3 is 2.61 bits per heavy atom. The highest BCUT2D eigenvalue weighted by atomic mass is 16.5. The van der Waals surface area contributed by atoms with Crippen LogP contribution in [0.3, 0.4) is 0 Å². The van der Waals surface area contributed by atoms with Crippen LogP contribution < -0.4 is 10.1 Å². The van der Waals surface area contributed by atoms with E-state index in [2.05, 4.69) is 16.4 Å². The molecule has 1 aromatic carbocycles. The predicted octanol–water partition coefficient (Wildman–Crippen LogP) is 3.64. The zero-order valence-corrected chi connectivity index (χ0v) is 16.6. The Morgan fingerprint density at radius 1 is 1.36 bits per heavy atom. The van der Waals surface area contributed by atoms with Crippen LogP contribution in [0.2, 0.25) is 0 Å². The third-order valence-corrected chi connectivity index (χ3v) is 4.80. The molecule has 2 rings (SSSR count). The summed E-state index contributed by atoms with van der Waals surface area (Å²) < 4.78 is 6.01. The van der Waals surface area contributed by atoms with Crippen LogP contribution in [0.1, 0.15) is 52.1 Å². The summed E-state index contributed by atoms with van der Waals surface area (Å²) >= 11 is 0. The lowest BCUT2D eigenvalue weighted by molar-refractivity contribution is -0.115. The predicted molar refractivity (Wildman–Crippen MR) is 112 cm³/mol. The van der Waals surface area contributed by atoms with Gasteiger partial charge < -0.3 is 15.5 Å². The Balaban J connectivity index is 0.00000420. The average molecular weight is 383 g/mol. The van der Waals surface area contributed by atoms with E-state index in [1.54, 1.807) is 6.07 Å². The van der Waals surface area contributed by atoms with E-state index in [0.717, 1.165) is 37.0 Å². The van der Waals surface area contributed by atoms with Crippen molar-refractivity contribution in [2.45, 2.75) is 58.6 Å². The molecule has 1 aromatic rings. The number of hydrogen-bond acceptors (Lipinski definition) is 5. The van der Waals surface area contributed by atoms with E-state index in [4.69, 9.17) is 20.8 Å². The Hall–Kier alpha value is -3.01. The fourth-order valence-electron chi connectivity index (χ4n) is 2.95. The fourth-order valence-corrected chi connectivity index (χ4v) is 2.95. The van der Waals surface area contributed by atoms with E-state index < -0.39 is 5.91 Å². The maximum Gasteiger partial charge on any atom is 0.288 e. The molecule has 1 aliphatic carbocycles. The van der Waals surface area contributed by atoms with Crippen LogP contribution in [0.5, 0.6) is 5.75 Å². The molecule has 0 saturated heterocycles. The molecule has 1 saturated carbocycles. The number of rotatable bonds is 5. The normalized spacial score (nSPS) is 19.2. The van der Waals surface area contributed by atoms with Crippen molar-refractivity contribution < 1.29 is 11.0 Å². The van der Waals surface area contributed by atoms with Gasteiger partial charge in [0.2, 0.25) is 5.84 Å². The van der Waals surface area contributed by atoms with E-state index in [-0.39, 0.29) is 31.0 Å². The van der Waals surface area contributed by atoms with Crippen molar-refractivity contribution in [1.82, 2.24) is 5.32 Å². The highest BCUT2D eigenvalue weighted by molar-refractivity contribution is 6.41. The van der Waals surface area contributed by atoms with Crippen molar-refractivity contribution in [2.24, 2.45) is 10.9 Å².